The minimum absolute atomic E-state index is 0.00254. The van der Waals surface area contributed by atoms with Crippen LogP contribution in [0.25, 0.3) is 11.0 Å². The van der Waals surface area contributed by atoms with E-state index in [1.807, 2.05) is 13.8 Å². The highest BCUT2D eigenvalue weighted by Gasteiger charge is 2.32. The number of rotatable bonds is 5. The van der Waals surface area contributed by atoms with Gasteiger partial charge in [0.1, 0.15) is 10.5 Å². The first-order chi connectivity index (χ1) is 15.2. The number of benzene rings is 2. The summed E-state index contributed by atoms with van der Waals surface area (Å²) in [5.74, 6) is 0. The Balaban J connectivity index is 1.63. The lowest BCUT2D eigenvalue weighted by Gasteiger charge is -2.42. The third-order valence-corrected chi connectivity index (χ3v) is 7.62. The largest absolute Gasteiger partial charge is 0.465 e. The molecule has 2 N–H and O–H groups in total. The second-order valence-corrected chi connectivity index (χ2v) is 10.1. The summed E-state index contributed by atoms with van der Waals surface area (Å²) in [7, 11) is -3.88. The Morgan fingerprint density at radius 1 is 1.19 bits per heavy atom. The van der Waals surface area contributed by atoms with Gasteiger partial charge in [0.2, 0.25) is 0 Å². The minimum Gasteiger partial charge on any atom is -0.465 e. The number of nitrogens with zero attached hydrogens (tertiary/aromatic N) is 2. The number of amides is 1. The standard InChI is InChI=1S/C22H24ClN3O5S/c1-14-12-26(22(27)28)15(2)11-25(14)13-17-10-18(9-16-7-8-31-21(16)17)24-32(29,30)20-6-4-3-5-19(20)23/h3-10,14-15,24H,11-13H2,1-2H3,(H,27,28)/t14-,15+/m1/s1. The van der Waals surface area contributed by atoms with Gasteiger partial charge >= 0.3 is 6.09 Å². The maximum atomic E-state index is 12.9. The fourth-order valence-corrected chi connectivity index (χ4v) is 5.67. The average Bonchev–Trinajstić information content (AvgIpc) is 3.19. The molecule has 1 aliphatic rings. The van der Waals surface area contributed by atoms with Gasteiger partial charge in [-0.2, -0.15) is 0 Å². The van der Waals surface area contributed by atoms with E-state index < -0.39 is 16.1 Å². The number of furan rings is 1. The minimum atomic E-state index is -3.88. The molecule has 0 bridgehead atoms. The Morgan fingerprint density at radius 2 is 1.94 bits per heavy atom. The topological polar surface area (TPSA) is 103 Å². The molecule has 2 atom stereocenters. The van der Waals surface area contributed by atoms with E-state index in [0.29, 0.717) is 30.9 Å². The van der Waals surface area contributed by atoms with Crippen molar-refractivity contribution in [1.29, 1.82) is 0 Å². The number of anilines is 1. The Labute approximate surface area is 191 Å². The van der Waals surface area contributed by atoms with E-state index in [1.165, 1.54) is 17.0 Å². The lowest BCUT2D eigenvalue weighted by Crippen LogP contribution is -2.57. The van der Waals surface area contributed by atoms with Gasteiger partial charge < -0.3 is 14.4 Å². The molecule has 2 heterocycles. The summed E-state index contributed by atoms with van der Waals surface area (Å²) in [6.07, 6.45) is 0.642. The molecule has 0 spiro atoms. The summed E-state index contributed by atoms with van der Waals surface area (Å²) in [5.41, 5.74) is 1.89. The normalized spacial score (nSPS) is 19.9. The first-order valence-corrected chi connectivity index (χ1v) is 12.0. The van der Waals surface area contributed by atoms with E-state index in [9.17, 15) is 18.3 Å². The monoisotopic (exact) mass is 477 g/mol. The molecule has 170 valence electrons. The summed E-state index contributed by atoms with van der Waals surface area (Å²) >= 11 is 6.09. The quantitative estimate of drug-likeness (QED) is 0.562. The van der Waals surface area contributed by atoms with Gasteiger partial charge in [-0.25, -0.2) is 13.2 Å². The van der Waals surface area contributed by atoms with Crippen LogP contribution >= 0.6 is 11.6 Å². The number of carboxylic acid groups (broad SMARTS) is 1. The third-order valence-electron chi connectivity index (χ3n) is 5.74. The van der Waals surface area contributed by atoms with Crippen molar-refractivity contribution >= 4 is 44.4 Å². The fourth-order valence-electron chi connectivity index (χ4n) is 4.11. The summed E-state index contributed by atoms with van der Waals surface area (Å²) in [6.45, 7) is 5.31. The van der Waals surface area contributed by atoms with Crippen molar-refractivity contribution < 1.29 is 22.7 Å². The van der Waals surface area contributed by atoms with Crippen molar-refractivity contribution in [2.45, 2.75) is 37.4 Å². The molecule has 1 amide bonds. The van der Waals surface area contributed by atoms with Gasteiger partial charge in [-0.1, -0.05) is 23.7 Å². The molecule has 0 unspecified atom stereocenters. The molecule has 1 aromatic heterocycles. The first kappa shape index (κ1) is 22.4. The van der Waals surface area contributed by atoms with Crippen LogP contribution in [0.1, 0.15) is 19.4 Å². The molecule has 1 saturated heterocycles. The molecule has 4 rings (SSSR count). The van der Waals surface area contributed by atoms with Gasteiger partial charge in [-0.15, -0.1) is 0 Å². The first-order valence-electron chi connectivity index (χ1n) is 10.2. The number of hydrogen-bond donors (Lipinski definition) is 2. The Hall–Kier alpha value is -2.75. The van der Waals surface area contributed by atoms with Crippen LogP contribution in [0.2, 0.25) is 5.02 Å². The zero-order valence-corrected chi connectivity index (χ0v) is 19.2. The van der Waals surface area contributed by atoms with E-state index in [1.54, 1.807) is 36.6 Å². The molecule has 1 fully saturated rings. The smallest absolute Gasteiger partial charge is 0.407 e. The molecule has 0 saturated carbocycles. The summed E-state index contributed by atoms with van der Waals surface area (Å²) in [5, 5.41) is 10.3. The van der Waals surface area contributed by atoms with Crippen LogP contribution < -0.4 is 4.72 Å². The molecule has 32 heavy (non-hydrogen) atoms. The predicted molar refractivity (Wildman–Crippen MR) is 123 cm³/mol. The van der Waals surface area contributed by atoms with E-state index in [0.717, 1.165) is 10.9 Å². The van der Waals surface area contributed by atoms with Gasteiger partial charge in [0.25, 0.3) is 10.0 Å². The SMILES string of the molecule is C[C@@H]1CN(C(=O)O)[C@@H](C)CN1Cc1cc(NS(=O)(=O)c2ccccc2Cl)cc2ccoc12. The Morgan fingerprint density at radius 3 is 2.66 bits per heavy atom. The Bertz CT molecular complexity index is 1260. The van der Waals surface area contributed by atoms with Crippen LogP contribution in [-0.4, -0.2) is 54.6 Å². The van der Waals surface area contributed by atoms with Gasteiger partial charge in [-0.05, 0) is 44.2 Å². The van der Waals surface area contributed by atoms with Crippen LogP contribution in [-0.2, 0) is 16.6 Å². The number of hydrogen-bond acceptors (Lipinski definition) is 5. The van der Waals surface area contributed by atoms with Crippen molar-refractivity contribution in [3.63, 3.8) is 0 Å². The highest BCUT2D eigenvalue weighted by Crippen LogP contribution is 2.30. The van der Waals surface area contributed by atoms with E-state index in [4.69, 9.17) is 16.0 Å². The maximum absolute atomic E-state index is 12.9. The molecule has 0 aliphatic carbocycles. The van der Waals surface area contributed by atoms with Gasteiger partial charge in [0.15, 0.2) is 0 Å². The zero-order chi connectivity index (χ0) is 23.0. The van der Waals surface area contributed by atoms with Gasteiger partial charge in [0.05, 0.1) is 17.0 Å². The summed E-state index contributed by atoms with van der Waals surface area (Å²) in [6, 6.07) is 11.3. The van der Waals surface area contributed by atoms with Crippen LogP contribution in [0.5, 0.6) is 0 Å². The number of sulfonamides is 1. The van der Waals surface area contributed by atoms with Crippen molar-refractivity contribution in [2.75, 3.05) is 17.8 Å². The van der Waals surface area contributed by atoms with Crippen LogP contribution in [0.4, 0.5) is 10.5 Å². The molecule has 2 aromatic carbocycles. The second kappa shape index (κ2) is 8.65. The molecule has 10 heteroatoms. The highest BCUT2D eigenvalue weighted by molar-refractivity contribution is 7.92. The lowest BCUT2D eigenvalue weighted by molar-refractivity contribution is 0.0398. The Kier molecular flexibility index (Phi) is 6.07. The number of piperazine rings is 1. The lowest BCUT2D eigenvalue weighted by atomic mass is 10.1. The average molecular weight is 478 g/mol. The second-order valence-electron chi connectivity index (χ2n) is 8.07. The van der Waals surface area contributed by atoms with Crippen LogP contribution in [0.15, 0.2) is 58.0 Å². The van der Waals surface area contributed by atoms with Gasteiger partial charge in [0, 0.05) is 42.7 Å². The van der Waals surface area contributed by atoms with E-state index in [2.05, 4.69) is 9.62 Å². The number of carbonyl (C=O) groups is 1. The molecular weight excluding hydrogens is 454 g/mol. The van der Waals surface area contributed by atoms with Crippen LogP contribution in [0.3, 0.4) is 0 Å². The van der Waals surface area contributed by atoms with Crippen molar-refractivity contribution in [3.05, 3.63) is 59.3 Å². The highest BCUT2D eigenvalue weighted by atomic mass is 35.5. The molecule has 3 aromatic rings. The number of nitrogens with one attached hydrogen (secondary N) is 1. The molecule has 0 radical (unpaired) electrons. The summed E-state index contributed by atoms with van der Waals surface area (Å²) in [4.78, 5) is 15.1. The van der Waals surface area contributed by atoms with Crippen molar-refractivity contribution in [1.82, 2.24) is 9.80 Å². The number of halogens is 1. The van der Waals surface area contributed by atoms with Crippen molar-refractivity contribution in [2.24, 2.45) is 0 Å². The fraction of sp³-hybridized carbons (Fsp3) is 0.318. The van der Waals surface area contributed by atoms with E-state index in [-0.39, 0.29) is 22.0 Å². The molecule has 1 aliphatic heterocycles. The van der Waals surface area contributed by atoms with Crippen molar-refractivity contribution in [3.8, 4) is 0 Å². The zero-order valence-electron chi connectivity index (χ0n) is 17.7. The van der Waals surface area contributed by atoms with E-state index >= 15 is 0 Å². The number of fused-ring (bicyclic) bond motifs is 1. The summed E-state index contributed by atoms with van der Waals surface area (Å²) < 4.78 is 34.1. The van der Waals surface area contributed by atoms with Crippen LogP contribution in [0, 0.1) is 0 Å². The van der Waals surface area contributed by atoms with Gasteiger partial charge in [-0.3, -0.25) is 9.62 Å². The maximum Gasteiger partial charge on any atom is 0.407 e. The third kappa shape index (κ3) is 4.41. The molecule has 8 nitrogen and oxygen atoms in total. The molecular formula is C22H24ClN3O5S. The predicted octanol–water partition coefficient (Wildman–Crippen LogP) is 4.46.